The first-order valence-electron chi connectivity index (χ1n) is 8.13. The van der Waals surface area contributed by atoms with Crippen LogP contribution in [0.3, 0.4) is 0 Å². The van der Waals surface area contributed by atoms with Gasteiger partial charge in [-0.25, -0.2) is 0 Å². The van der Waals surface area contributed by atoms with E-state index >= 15 is 0 Å². The third-order valence-electron chi connectivity index (χ3n) is 4.73. The maximum absolute atomic E-state index is 6.04. The van der Waals surface area contributed by atoms with Gasteiger partial charge in [-0.2, -0.15) is 0 Å². The van der Waals surface area contributed by atoms with Crippen LogP contribution in [-0.4, -0.2) is 42.6 Å². The van der Waals surface area contributed by atoms with Crippen molar-refractivity contribution < 1.29 is 0 Å². The first kappa shape index (κ1) is 14.4. The lowest BCUT2D eigenvalue weighted by atomic mass is 10.1. The molecule has 3 atom stereocenters. The number of nitrogens with zero attached hydrogens (tertiary/aromatic N) is 2. The molecule has 4 heteroatoms. The fraction of sp³-hybridized carbons (Fsp3) is 0.588. The van der Waals surface area contributed by atoms with Crippen LogP contribution in [0.5, 0.6) is 0 Å². The summed E-state index contributed by atoms with van der Waals surface area (Å²) in [5.41, 5.74) is 7.44. The zero-order valence-electron chi connectivity index (χ0n) is 12.8. The minimum Gasteiger partial charge on any atom is -0.370 e. The number of nitrogens with two attached hydrogens (primary N) is 1. The number of aliphatic imine (C=N–C) groups is 1. The van der Waals surface area contributed by atoms with Gasteiger partial charge in [0.15, 0.2) is 5.96 Å². The molecule has 21 heavy (non-hydrogen) atoms. The molecule has 2 fully saturated rings. The van der Waals surface area contributed by atoms with E-state index in [-0.39, 0.29) is 0 Å². The van der Waals surface area contributed by atoms with E-state index in [1.807, 2.05) is 0 Å². The van der Waals surface area contributed by atoms with E-state index in [0.29, 0.717) is 24.0 Å². The molecule has 1 aliphatic carbocycles. The third kappa shape index (κ3) is 3.56. The van der Waals surface area contributed by atoms with Crippen molar-refractivity contribution in [2.24, 2.45) is 10.7 Å². The van der Waals surface area contributed by atoms with Gasteiger partial charge in [-0.15, -0.1) is 0 Å². The van der Waals surface area contributed by atoms with Crippen LogP contribution < -0.4 is 11.1 Å². The van der Waals surface area contributed by atoms with E-state index in [1.54, 1.807) is 0 Å². The molecule has 0 aromatic heterocycles. The Morgan fingerprint density at radius 1 is 1.38 bits per heavy atom. The molecule has 2 aliphatic rings. The molecular weight excluding hydrogens is 260 g/mol. The molecule has 3 rings (SSSR count). The lowest BCUT2D eigenvalue weighted by molar-refractivity contribution is 0.273. The number of guanidine groups is 1. The van der Waals surface area contributed by atoms with E-state index in [1.165, 1.54) is 24.9 Å². The number of hydrogen-bond donors (Lipinski definition) is 2. The Kier molecular flexibility index (Phi) is 4.44. The van der Waals surface area contributed by atoms with Gasteiger partial charge in [0.25, 0.3) is 0 Å². The molecule has 1 aliphatic heterocycles. The Hall–Kier alpha value is -1.55. The SMILES string of the molecule is CCN1CCCC1CN=C(N)NC1CC1c1ccccc1. The minimum absolute atomic E-state index is 0.460. The average Bonchev–Trinajstić information content (AvgIpc) is 3.12. The second-order valence-corrected chi connectivity index (χ2v) is 6.15. The van der Waals surface area contributed by atoms with Crippen molar-refractivity contribution in [3.05, 3.63) is 35.9 Å². The summed E-state index contributed by atoms with van der Waals surface area (Å²) < 4.78 is 0. The first-order chi connectivity index (χ1) is 10.3. The monoisotopic (exact) mass is 286 g/mol. The Balaban J connectivity index is 1.47. The molecule has 4 nitrogen and oxygen atoms in total. The molecular formula is C17H26N4. The lowest BCUT2D eigenvalue weighted by Crippen LogP contribution is -2.37. The van der Waals surface area contributed by atoms with Crippen LogP contribution in [-0.2, 0) is 0 Å². The van der Waals surface area contributed by atoms with Crippen LogP contribution in [0.2, 0.25) is 0 Å². The standard InChI is InChI=1S/C17H26N4/c1-2-21-10-6-9-14(21)12-19-17(18)20-16-11-15(16)13-7-4-3-5-8-13/h3-5,7-8,14-16H,2,6,9-12H2,1H3,(H3,18,19,20). The fourth-order valence-electron chi connectivity index (χ4n) is 3.38. The Labute approximate surface area is 127 Å². The van der Waals surface area contributed by atoms with Gasteiger partial charge in [-0.1, -0.05) is 37.3 Å². The van der Waals surface area contributed by atoms with E-state index in [0.717, 1.165) is 19.5 Å². The van der Waals surface area contributed by atoms with Gasteiger partial charge >= 0.3 is 0 Å². The Bertz CT molecular complexity index is 485. The van der Waals surface area contributed by atoms with Crippen LogP contribution in [0.25, 0.3) is 0 Å². The summed E-state index contributed by atoms with van der Waals surface area (Å²) in [4.78, 5) is 7.05. The van der Waals surface area contributed by atoms with Gasteiger partial charge in [0.1, 0.15) is 0 Å². The molecule has 0 bridgehead atoms. The summed E-state index contributed by atoms with van der Waals surface area (Å²) in [5, 5.41) is 3.37. The van der Waals surface area contributed by atoms with Crippen molar-refractivity contribution in [1.29, 1.82) is 0 Å². The average molecular weight is 286 g/mol. The van der Waals surface area contributed by atoms with Crippen LogP contribution in [0.15, 0.2) is 35.3 Å². The summed E-state index contributed by atoms with van der Waals surface area (Å²) in [6, 6.07) is 11.7. The number of rotatable bonds is 5. The van der Waals surface area contributed by atoms with E-state index in [9.17, 15) is 0 Å². The van der Waals surface area contributed by atoms with Crippen LogP contribution in [0, 0.1) is 0 Å². The number of benzene rings is 1. The quantitative estimate of drug-likeness (QED) is 0.642. The molecule has 114 valence electrons. The predicted molar refractivity (Wildman–Crippen MR) is 87.5 cm³/mol. The smallest absolute Gasteiger partial charge is 0.188 e. The highest BCUT2D eigenvalue weighted by atomic mass is 15.2. The first-order valence-corrected chi connectivity index (χ1v) is 8.13. The summed E-state index contributed by atoms with van der Waals surface area (Å²) in [6.07, 6.45) is 3.70. The largest absolute Gasteiger partial charge is 0.370 e. The lowest BCUT2D eigenvalue weighted by Gasteiger charge is -2.21. The predicted octanol–water partition coefficient (Wildman–Crippen LogP) is 1.93. The third-order valence-corrected chi connectivity index (χ3v) is 4.73. The molecule has 0 radical (unpaired) electrons. The maximum atomic E-state index is 6.04. The summed E-state index contributed by atoms with van der Waals surface area (Å²) >= 11 is 0. The summed E-state index contributed by atoms with van der Waals surface area (Å²) in [6.45, 7) is 5.38. The van der Waals surface area contributed by atoms with Gasteiger partial charge < -0.3 is 11.1 Å². The number of nitrogens with one attached hydrogen (secondary N) is 1. The van der Waals surface area contributed by atoms with Gasteiger partial charge in [-0.3, -0.25) is 9.89 Å². The van der Waals surface area contributed by atoms with Crippen molar-refractivity contribution in [3.8, 4) is 0 Å². The summed E-state index contributed by atoms with van der Waals surface area (Å²) in [5.74, 6) is 1.21. The molecule has 1 aromatic carbocycles. The van der Waals surface area contributed by atoms with E-state index in [2.05, 4.69) is 52.5 Å². The zero-order chi connectivity index (χ0) is 14.7. The molecule has 3 N–H and O–H groups in total. The highest BCUT2D eigenvalue weighted by molar-refractivity contribution is 5.78. The normalized spacial score (nSPS) is 29.6. The second kappa shape index (κ2) is 6.48. The van der Waals surface area contributed by atoms with Crippen molar-refractivity contribution in [1.82, 2.24) is 10.2 Å². The Morgan fingerprint density at radius 2 is 2.19 bits per heavy atom. The van der Waals surface area contributed by atoms with E-state index < -0.39 is 0 Å². The molecule has 1 saturated heterocycles. The molecule has 3 unspecified atom stereocenters. The van der Waals surface area contributed by atoms with Gasteiger partial charge in [0, 0.05) is 18.0 Å². The number of hydrogen-bond acceptors (Lipinski definition) is 2. The topological polar surface area (TPSA) is 53.6 Å². The maximum Gasteiger partial charge on any atom is 0.188 e. The Morgan fingerprint density at radius 3 is 2.95 bits per heavy atom. The fourth-order valence-corrected chi connectivity index (χ4v) is 3.38. The molecule has 0 amide bonds. The van der Waals surface area contributed by atoms with Crippen molar-refractivity contribution >= 4 is 5.96 Å². The highest BCUT2D eigenvalue weighted by Gasteiger charge is 2.38. The van der Waals surface area contributed by atoms with Crippen LogP contribution in [0.1, 0.15) is 37.7 Å². The number of likely N-dealkylation sites (N-methyl/N-ethyl adjacent to an activating group) is 1. The highest BCUT2D eigenvalue weighted by Crippen LogP contribution is 2.40. The van der Waals surface area contributed by atoms with Crippen LogP contribution >= 0.6 is 0 Å². The van der Waals surface area contributed by atoms with Gasteiger partial charge in [0.2, 0.25) is 0 Å². The van der Waals surface area contributed by atoms with Crippen LogP contribution in [0.4, 0.5) is 0 Å². The molecule has 1 aromatic rings. The second-order valence-electron chi connectivity index (χ2n) is 6.15. The molecule has 0 spiro atoms. The zero-order valence-corrected chi connectivity index (χ0v) is 12.8. The minimum atomic E-state index is 0.460. The molecule has 1 saturated carbocycles. The molecule has 1 heterocycles. The summed E-state index contributed by atoms with van der Waals surface area (Å²) in [7, 11) is 0. The van der Waals surface area contributed by atoms with E-state index in [4.69, 9.17) is 5.73 Å². The van der Waals surface area contributed by atoms with Gasteiger partial charge in [-0.05, 0) is 37.9 Å². The van der Waals surface area contributed by atoms with Crippen molar-refractivity contribution in [2.75, 3.05) is 19.6 Å². The van der Waals surface area contributed by atoms with Gasteiger partial charge in [0.05, 0.1) is 6.54 Å². The number of likely N-dealkylation sites (tertiary alicyclic amines) is 1. The van der Waals surface area contributed by atoms with Crippen molar-refractivity contribution in [2.45, 2.75) is 44.2 Å². The van der Waals surface area contributed by atoms with Crippen molar-refractivity contribution in [3.63, 3.8) is 0 Å².